The number of imidazole rings is 1. The van der Waals surface area contributed by atoms with Gasteiger partial charge in [-0.25, -0.2) is 9.97 Å². The van der Waals surface area contributed by atoms with Crippen molar-refractivity contribution in [3.05, 3.63) is 77.6 Å². The second-order valence-corrected chi connectivity index (χ2v) is 12.9. The van der Waals surface area contributed by atoms with Crippen LogP contribution < -0.4 is 16.5 Å². The number of benzene rings is 1. The molecule has 1 unspecified atom stereocenters. The first-order valence-electron chi connectivity index (χ1n) is 15.0. The number of hydrogen-bond donors (Lipinski definition) is 3. The van der Waals surface area contributed by atoms with Crippen molar-refractivity contribution >= 4 is 46.3 Å². The molecular weight excluding hydrogens is 572 g/mol. The number of hydrazone groups is 1. The Bertz CT molecular complexity index is 1580. The van der Waals surface area contributed by atoms with Gasteiger partial charge in [0.15, 0.2) is 11.5 Å². The molecule has 2 atom stereocenters. The summed E-state index contributed by atoms with van der Waals surface area (Å²) in [6.45, 7) is 14.2. The predicted octanol–water partition coefficient (Wildman–Crippen LogP) is 6.29. The molecule has 10 nitrogen and oxygen atoms in total. The van der Waals surface area contributed by atoms with Crippen LogP contribution in [-0.4, -0.2) is 44.1 Å². The first-order valence-corrected chi connectivity index (χ1v) is 15.8. The molecule has 0 radical (unpaired) electrons. The largest absolute Gasteiger partial charge is 0.464 e. The van der Waals surface area contributed by atoms with Gasteiger partial charge in [0.25, 0.3) is 0 Å². The van der Waals surface area contributed by atoms with Gasteiger partial charge in [-0.2, -0.15) is 9.47 Å². The molecule has 234 valence electrons. The second kappa shape index (κ2) is 15.1. The topological polar surface area (TPSA) is 132 Å². The lowest BCUT2D eigenvalue weighted by atomic mass is 9.83. The van der Waals surface area contributed by atoms with Gasteiger partial charge in [-0.05, 0) is 79.6 Å². The number of fused-ring (bicyclic) bond motifs is 1. The standard InChI is InChI=1S/C33H44N8O2S/c1-7-24(13-14-33(4,5)21-43-32(42)27(34)16-25-11-9-8-10-12-25)15-26-17-29(44-40-26)39-30-31-36-19-28(22(2)18-37-35-6)41(31)20-23(3)38-30/h8-12,17-20,24,27,37H,6-7,13-16,21,34H2,1-5H3,(H,38,39)/b22-18+/t24?,27-/m0/s1. The third-order valence-electron chi connectivity index (χ3n) is 7.70. The van der Waals surface area contributed by atoms with Gasteiger partial charge in [-0.3, -0.25) is 14.6 Å². The van der Waals surface area contributed by atoms with Gasteiger partial charge < -0.3 is 15.8 Å². The molecule has 11 heteroatoms. The van der Waals surface area contributed by atoms with E-state index in [-0.39, 0.29) is 11.4 Å². The molecule has 0 bridgehead atoms. The van der Waals surface area contributed by atoms with Crippen molar-refractivity contribution in [2.45, 2.75) is 72.8 Å². The Balaban J connectivity index is 1.31. The molecule has 44 heavy (non-hydrogen) atoms. The highest BCUT2D eigenvalue weighted by molar-refractivity contribution is 7.10. The first kappa shape index (κ1) is 32.8. The number of nitrogens with zero attached hydrogens (tertiary/aromatic N) is 5. The lowest BCUT2D eigenvalue weighted by molar-refractivity contribution is -0.148. The number of nitrogens with one attached hydrogen (secondary N) is 2. The zero-order valence-corrected chi connectivity index (χ0v) is 27.2. The smallest absolute Gasteiger partial charge is 0.323 e. The van der Waals surface area contributed by atoms with Gasteiger partial charge in [0.2, 0.25) is 0 Å². The number of carbonyl (C=O) groups excluding carboxylic acids is 1. The highest BCUT2D eigenvalue weighted by Crippen LogP contribution is 2.30. The number of rotatable bonds is 16. The molecular formula is C33H44N8O2S. The fourth-order valence-electron chi connectivity index (χ4n) is 5.02. The molecule has 0 saturated carbocycles. The zero-order valence-electron chi connectivity index (χ0n) is 26.3. The number of aryl methyl sites for hydroxylation is 1. The number of nitrogens with two attached hydrogens (primary N) is 1. The average molecular weight is 617 g/mol. The third-order valence-corrected chi connectivity index (χ3v) is 8.44. The van der Waals surface area contributed by atoms with E-state index < -0.39 is 6.04 Å². The quantitative estimate of drug-likeness (QED) is 0.0760. The minimum atomic E-state index is -0.663. The monoisotopic (exact) mass is 616 g/mol. The van der Waals surface area contributed by atoms with E-state index in [9.17, 15) is 4.79 Å². The van der Waals surface area contributed by atoms with E-state index in [1.54, 1.807) is 6.20 Å². The van der Waals surface area contributed by atoms with Crippen LogP contribution >= 0.6 is 11.5 Å². The van der Waals surface area contributed by atoms with E-state index in [1.807, 2.05) is 61.0 Å². The Kier molecular flexibility index (Phi) is 11.2. The third kappa shape index (κ3) is 8.96. The van der Waals surface area contributed by atoms with Crippen LogP contribution in [0.3, 0.4) is 0 Å². The van der Waals surface area contributed by atoms with E-state index in [2.05, 4.69) is 54.4 Å². The number of aromatic nitrogens is 4. The van der Waals surface area contributed by atoms with Crippen LogP contribution in [0.15, 0.2) is 60.1 Å². The summed E-state index contributed by atoms with van der Waals surface area (Å²) in [6.07, 6.45) is 9.91. The first-order chi connectivity index (χ1) is 21.1. The van der Waals surface area contributed by atoms with Gasteiger partial charge in [0, 0.05) is 19.1 Å². The van der Waals surface area contributed by atoms with Crippen LogP contribution in [0.1, 0.15) is 69.6 Å². The lowest BCUT2D eigenvalue weighted by Crippen LogP contribution is -2.36. The molecule has 4 aromatic rings. The van der Waals surface area contributed by atoms with Gasteiger partial charge in [-0.15, -0.1) is 0 Å². The van der Waals surface area contributed by atoms with Crippen LogP contribution in [0.5, 0.6) is 0 Å². The second-order valence-electron chi connectivity index (χ2n) is 12.1. The number of hydrogen-bond acceptors (Lipinski definition) is 10. The van der Waals surface area contributed by atoms with E-state index in [0.29, 0.717) is 24.8 Å². The minimum absolute atomic E-state index is 0.151. The number of esters is 1. The molecule has 0 amide bonds. The summed E-state index contributed by atoms with van der Waals surface area (Å²) in [6, 6.07) is 11.2. The molecule has 0 fully saturated rings. The highest BCUT2D eigenvalue weighted by atomic mass is 32.1. The van der Waals surface area contributed by atoms with Crippen molar-refractivity contribution in [2.24, 2.45) is 22.2 Å². The van der Waals surface area contributed by atoms with Crippen molar-refractivity contribution in [1.29, 1.82) is 0 Å². The molecule has 3 heterocycles. The number of allylic oxidation sites excluding steroid dienone is 1. The fraction of sp³-hybridized carbons (Fsp3) is 0.424. The van der Waals surface area contributed by atoms with Crippen molar-refractivity contribution in [2.75, 3.05) is 11.9 Å². The minimum Gasteiger partial charge on any atom is -0.464 e. The summed E-state index contributed by atoms with van der Waals surface area (Å²) < 4.78 is 12.4. The normalized spacial score (nSPS) is 13.5. The maximum absolute atomic E-state index is 12.5. The Labute approximate surface area is 264 Å². The van der Waals surface area contributed by atoms with E-state index in [4.69, 9.17) is 19.8 Å². The van der Waals surface area contributed by atoms with E-state index in [0.717, 1.165) is 64.5 Å². The number of ether oxygens (including phenoxy) is 1. The van der Waals surface area contributed by atoms with Crippen molar-refractivity contribution < 1.29 is 9.53 Å². The van der Waals surface area contributed by atoms with E-state index >= 15 is 0 Å². The Hall–Kier alpha value is -4.09. The summed E-state index contributed by atoms with van der Waals surface area (Å²) in [5, 5.41) is 8.04. The SMILES string of the molecule is C=NN/C=C(\C)c1cnc2c(Nc3cc(CC(CC)CCC(C)(C)COC(=O)[C@@H](N)Cc4ccccc4)ns3)nc(C)cn12. The van der Waals surface area contributed by atoms with Crippen molar-refractivity contribution in [3.8, 4) is 0 Å². The summed E-state index contributed by atoms with van der Waals surface area (Å²) in [5.41, 5.74) is 14.3. The number of carbonyl (C=O) groups is 1. The van der Waals surface area contributed by atoms with Crippen molar-refractivity contribution in [1.82, 2.24) is 24.2 Å². The Morgan fingerprint density at radius 2 is 2.05 bits per heavy atom. The summed E-state index contributed by atoms with van der Waals surface area (Å²) >= 11 is 1.43. The average Bonchev–Trinajstić information content (AvgIpc) is 3.64. The highest BCUT2D eigenvalue weighted by Gasteiger charge is 2.25. The molecule has 1 aromatic carbocycles. The lowest BCUT2D eigenvalue weighted by Gasteiger charge is -2.27. The maximum Gasteiger partial charge on any atom is 0.323 e. The summed E-state index contributed by atoms with van der Waals surface area (Å²) in [4.78, 5) is 21.9. The predicted molar refractivity (Wildman–Crippen MR) is 179 cm³/mol. The number of anilines is 2. The molecule has 0 aliphatic carbocycles. The maximum atomic E-state index is 12.5. The van der Waals surface area contributed by atoms with Crippen LogP contribution in [0.4, 0.5) is 10.8 Å². The van der Waals surface area contributed by atoms with E-state index in [1.165, 1.54) is 11.5 Å². The van der Waals surface area contributed by atoms with Crippen LogP contribution in [0.2, 0.25) is 0 Å². The Morgan fingerprint density at radius 1 is 1.27 bits per heavy atom. The van der Waals surface area contributed by atoms with Gasteiger partial charge >= 0.3 is 5.97 Å². The molecule has 0 spiro atoms. The van der Waals surface area contributed by atoms with Crippen LogP contribution in [0.25, 0.3) is 11.2 Å². The molecule has 4 rings (SSSR count). The van der Waals surface area contributed by atoms with Gasteiger partial charge in [-0.1, -0.05) is 57.5 Å². The van der Waals surface area contributed by atoms with Crippen LogP contribution in [-0.2, 0) is 22.4 Å². The molecule has 0 aliphatic heterocycles. The Morgan fingerprint density at radius 3 is 2.77 bits per heavy atom. The van der Waals surface area contributed by atoms with Gasteiger partial charge in [0.05, 0.1) is 29.9 Å². The summed E-state index contributed by atoms with van der Waals surface area (Å²) in [5.74, 6) is 0.797. The van der Waals surface area contributed by atoms with Gasteiger partial charge in [0.1, 0.15) is 11.0 Å². The van der Waals surface area contributed by atoms with Crippen molar-refractivity contribution in [3.63, 3.8) is 0 Å². The summed E-state index contributed by atoms with van der Waals surface area (Å²) in [7, 11) is 0. The molecule has 0 saturated heterocycles. The molecule has 0 aliphatic rings. The zero-order chi connectivity index (χ0) is 31.7. The van der Waals surface area contributed by atoms with Crippen LogP contribution in [0, 0.1) is 18.3 Å². The molecule has 4 N–H and O–H groups in total. The fourth-order valence-corrected chi connectivity index (χ4v) is 5.70. The molecule has 3 aromatic heterocycles.